The molecule has 1 saturated heterocycles. The second-order valence-corrected chi connectivity index (χ2v) is 7.33. The van der Waals surface area contributed by atoms with Gasteiger partial charge >= 0.3 is 0 Å². The maximum atomic E-state index is 13.2. The van der Waals surface area contributed by atoms with E-state index in [2.05, 4.69) is 10.3 Å². The standard InChI is InChI=1S/C23H24N4O4/c24-17-13-25-20(22(29)21(17)28)23(30)27-14-31-12-11-18(27)26-19(15-7-3-1-4-8-15)16-9-5-2-6-10-16/h1-10,13,18-19,26,29H,11-12,14,24H2,(H,25,28). The number of nitrogen functional groups attached to an aromatic ring is 1. The quantitative estimate of drug-likeness (QED) is 0.502. The zero-order valence-electron chi connectivity index (χ0n) is 16.8. The van der Waals surface area contributed by atoms with E-state index >= 15 is 0 Å². The highest BCUT2D eigenvalue weighted by Crippen LogP contribution is 2.25. The summed E-state index contributed by atoms with van der Waals surface area (Å²) in [5.41, 5.74) is 6.47. The van der Waals surface area contributed by atoms with Crippen molar-refractivity contribution in [1.82, 2.24) is 15.2 Å². The fourth-order valence-electron chi connectivity index (χ4n) is 3.69. The Bertz CT molecular complexity index is 1060. The van der Waals surface area contributed by atoms with Crippen molar-refractivity contribution in [2.45, 2.75) is 18.6 Å². The van der Waals surface area contributed by atoms with Crippen LogP contribution in [0, 0.1) is 0 Å². The predicted molar refractivity (Wildman–Crippen MR) is 116 cm³/mol. The zero-order valence-corrected chi connectivity index (χ0v) is 16.8. The number of aromatic nitrogens is 1. The van der Waals surface area contributed by atoms with E-state index in [0.717, 1.165) is 11.1 Å². The highest BCUT2D eigenvalue weighted by Gasteiger charge is 2.32. The van der Waals surface area contributed by atoms with E-state index in [9.17, 15) is 14.7 Å². The Labute approximate surface area is 179 Å². The number of rotatable bonds is 5. The third-order valence-electron chi connectivity index (χ3n) is 5.33. The maximum Gasteiger partial charge on any atom is 0.277 e. The van der Waals surface area contributed by atoms with Gasteiger partial charge in [-0.3, -0.25) is 19.8 Å². The lowest BCUT2D eigenvalue weighted by molar-refractivity contribution is -0.0434. The summed E-state index contributed by atoms with van der Waals surface area (Å²) in [5, 5.41) is 13.7. The van der Waals surface area contributed by atoms with Crippen LogP contribution < -0.4 is 16.5 Å². The Hall–Kier alpha value is -3.62. The Balaban J connectivity index is 1.65. The second kappa shape index (κ2) is 9.03. The lowest BCUT2D eigenvalue weighted by atomic mass is 9.98. The number of anilines is 1. The monoisotopic (exact) mass is 420 g/mol. The van der Waals surface area contributed by atoms with Crippen molar-refractivity contribution in [3.05, 3.63) is 93.9 Å². The van der Waals surface area contributed by atoms with Crippen LogP contribution in [0.5, 0.6) is 5.75 Å². The highest BCUT2D eigenvalue weighted by molar-refractivity contribution is 5.95. The van der Waals surface area contributed by atoms with E-state index < -0.39 is 17.1 Å². The van der Waals surface area contributed by atoms with Crippen molar-refractivity contribution in [3.63, 3.8) is 0 Å². The first kappa shape index (κ1) is 20.6. The molecule has 0 saturated carbocycles. The molecule has 160 valence electrons. The molecule has 8 heteroatoms. The summed E-state index contributed by atoms with van der Waals surface area (Å²) in [7, 11) is 0. The van der Waals surface area contributed by atoms with Gasteiger partial charge < -0.3 is 20.6 Å². The van der Waals surface area contributed by atoms with Gasteiger partial charge in [-0.1, -0.05) is 60.7 Å². The van der Waals surface area contributed by atoms with Crippen LogP contribution >= 0.6 is 0 Å². The number of ether oxygens (including phenoxy) is 1. The van der Waals surface area contributed by atoms with Crippen LogP contribution in [0.3, 0.4) is 0 Å². The summed E-state index contributed by atoms with van der Waals surface area (Å²) in [4.78, 5) is 29.3. The molecule has 0 bridgehead atoms. The molecule has 1 fully saturated rings. The summed E-state index contributed by atoms with van der Waals surface area (Å²) < 4.78 is 5.51. The van der Waals surface area contributed by atoms with E-state index in [1.54, 1.807) is 0 Å². The fourth-order valence-corrected chi connectivity index (χ4v) is 3.69. The molecule has 1 aliphatic heterocycles. The Morgan fingerprint density at radius 1 is 1.13 bits per heavy atom. The van der Waals surface area contributed by atoms with Crippen LogP contribution in [0.4, 0.5) is 5.69 Å². The molecular weight excluding hydrogens is 396 g/mol. The number of aromatic hydroxyl groups is 1. The Kier molecular flexibility index (Phi) is 6.01. The molecule has 3 aromatic rings. The van der Waals surface area contributed by atoms with Crippen LogP contribution in [-0.2, 0) is 4.74 Å². The van der Waals surface area contributed by atoms with Gasteiger partial charge in [0.25, 0.3) is 5.91 Å². The Morgan fingerprint density at radius 2 is 1.74 bits per heavy atom. The summed E-state index contributed by atoms with van der Waals surface area (Å²) in [6, 6.07) is 19.7. The molecule has 5 N–H and O–H groups in total. The summed E-state index contributed by atoms with van der Waals surface area (Å²) in [6.45, 7) is 0.501. The van der Waals surface area contributed by atoms with Crippen molar-refractivity contribution in [1.29, 1.82) is 0 Å². The van der Waals surface area contributed by atoms with Crippen LogP contribution in [-0.4, -0.2) is 40.4 Å². The average Bonchev–Trinajstić information content (AvgIpc) is 2.82. The van der Waals surface area contributed by atoms with E-state index in [1.807, 2.05) is 60.7 Å². The van der Waals surface area contributed by atoms with Gasteiger partial charge in [-0.15, -0.1) is 0 Å². The smallest absolute Gasteiger partial charge is 0.277 e. The minimum atomic E-state index is -0.781. The number of hydrogen-bond donors (Lipinski definition) is 4. The first-order valence-electron chi connectivity index (χ1n) is 10.0. The number of nitrogens with zero attached hydrogens (tertiary/aromatic N) is 1. The highest BCUT2D eigenvalue weighted by atomic mass is 16.5. The van der Waals surface area contributed by atoms with Gasteiger partial charge in [0.15, 0.2) is 11.4 Å². The maximum absolute atomic E-state index is 13.2. The number of nitrogens with one attached hydrogen (secondary N) is 2. The number of benzene rings is 2. The number of hydrogen-bond acceptors (Lipinski definition) is 6. The van der Waals surface area contributed by atoms with Gasteiger partial charge in [0, 0.05) is 12.6 Å². The first-order chi connectivity index (χ1) is 15.1. The molecule has 2 aromatic carbocycles. The number of aromatic amines is 1. The molecule has 4 rings (SSSR count). The van der Waals surface area contributed by atoms with Crippen molar-refractivity contribution in [3.8, 4) is 5.75 Å². The van der Waals surface area contributed by atoms with Gasteiger partial charge in [-0.25, -0.2) is 0 Å². The van der Waals surface area contributed by atoms with Gasteiger partial charge in [-0.05, 0) is 11.1 Å². The number of nitrogens with two attached hydrogens (primary N) is 1. The molecule has 0 radical (unpaired) electrons. The van der Waals surface area contributed by atoms with E-state index in [-0.39, 0.29) is 30.3 Å². The van der Waals surface area contributed by atoms with Crippen LogP contribution in [0.1, 0.15) is 34.1 Å². The summed E-state index contributed by atoms with van der Waals surface area (Å²) >= 11 is 0. The second-order valence-electron chi connectivity index (χ2n) is 7.33. The number of carbonyl (C=O) groups excluding carboxylic acids is 1. The number of pyridine rings is 1. The largest absolute Gasteiger partial charge is 0.502 e. The molecule has 0 aliphatic carbocycles. The van der Waals surface area contributed by atoms with Gasteiger partial charge in [0.05, 0.1) is 24.5 Å². The van der Waals surface area contributed by atoms with Crippen LogP contribution in [0.15, 0.2) is 71.7 Å². The molecule has 1 amide bonds. The van der Waals surface area contributed by atoms with E-state index in [1.165, 1.54) is 11.1 Å². The normalized spacial score (nSPS) is 16.4. The predicted octanol–water partition coefficient (Wildman–Crippen LogP) is 2.19. The van der Waals surface area contributed by atoms with E-state index in [0.29, 0.717) is 13.0 Å². The number of carbonyl (C=O) groups is 1. The zero-order chi connectivity index (χ0) is 21.8. The fraction of sp³-hybridized carbons (Fsp3) is 0.217. The molecule has 2 heterocycles. The summed E-state index contributed by atoms with van der Waals surface area (Å²) in [6.07, 6.45) is 1.37. The van der Waals surface area contributed by atoms with Crippen LogP contribution in [0.2, 0.25) is 0 Å². The minimum Gasteiger partial charge on any atom is -0.502 e. The minimum absolute atomic E-state index is 0.0264. The molecule has 0 spiro atoms. The summed E-state index contributed by atoms with van der Waals surface area (Å²) in [5.74, 6) is -1.25. The topological polar surface area (TPSA) is 121 Å². The Morgan fingerprint density at radius 3 is 2.35 bits per heavy atom. The van der Waals surface area contributed by atoms with E-state index in [4.69, 9.17) is 10.5 Å². The number of H-pyrrole nitrogens is 1. The number of amides is 1. The average molecular weight is 420 g/mol. The van der Waals surface area contributed by atoms with Crippen molar-refractivity contribution in [2.75, 3.05) is 19.1 Å². The third-order valence-corrected chi connectivity index (χ3v) is 5.33. The van der Waals surface area contributed by atoms with Crippen molar-refractivity contribution >= 4 is 11.6 Å². The van der Waals surface area contributed by atoms with Gasteiger partial charge in [-0.2, -0.15) is 0 Å². The third kappa shape index (κ3) is 4.30. The molecule has 1 unspecified atom stereocenters. The SMILES string of the molecule is Nc1c[nH]c(C(=O)N2COCCC2NC(c2ccccc2)c2ccccc2)c(O)c1=O. The molecule has 8 nitrogen and oxygen atoms in total. The molecule has 1 aliphatic rings. The van der Waals surface area contributed by atoms with Crippen molar-refractivity contribution < 1.29 is 14.6 Å². The van der Waals surface area contributed by atoms with Crippen molar-refractivity contribution in [2.24, 2.45) is 0 Å². The van der Waals surface area contributed by atoms with Crippen LogP contribution in [0.25, 0.3) is 0 Å². The first-order valence-corrected chi connectivity index (χ1v) is 10.0. The molecular formula is C23H24N4O4. The molecule has 1 aromatic heterocycles. The lowest BCUT2D eigenvalue weighted by Gasteiger charge is -2.38. The molecule has 31 heavy (non-hydrogen) atoms. The lowest BCUT2D eigenvalue weighted by Crippen LogP contribution is -2.54. The van der Waals surface area contributed by atoms with Gasteiger partial charge in [0.1, 0.15) is 6.73 Å². The van der Waals surface area contributed by atoms with Gasteiger partial charge in [0.2, 0.25) is 5.43 Å². The molecule has 1 atom stereocenters.